The smallest absolute Gasteiger partial charge is 0.0955 e. The number of thiazole rings is 1. The van der Waals surface area contributed by atoms with Crippen molar-refractivity contribution in [2.24, 2.45) is 0 Å². The fraction of sp³-hybridized carbons (Fsp3) is 0.769. The van der Waals surface area contributed by atoms with Crippen molar-refractivity contribution < 1.29 is 0 Å². The van der Waals surface area contributed by atoms with E-state index >= 15 is 0 Å². The highest BCUT2D eigenvalue weighted by molar-refractivity contribution is 7.11. The molecule has 1 rings (SSSR count). The summed E-state index contributed by atoms with van der Waals surface area (Å²) in [5, 5.41) is 1.28. The highest BCUT2D eigenvalue weighted by atomic mass is 32.1. The van der Waals surface area contributed by atoms with Gasteiger partial charge in [-0.25, -0.2) is 4.98 Å². The van der Waals surface area contributed by atoms with Crippen LogP contribution in [-0.2, 0) is 0 Å². The molecule has 0 aromatic carbocycles. The highest BCUT2D eigenvalue weighted by Gasteiger charge is 2.05. The van der Waals surface area contributed by atoms with Gasteiger partial charge in [0.1, 0.15) is 0 Å². The van der Waals surface area contributed by atoms with Gasteiger partial charge < -0.3 is 0 Å². The molecule has 90 valence electrons. The minimum absolute atomic E-state index is 0.638. The maximum atomic E-state index is 4.31. The molecule has 0 amide bonds. The van der Waals surface area contributed by atoms with Crippen molar-refractivity contribution in [1.82, 2.24) is 4.98 Å². The lowest BCUT2D eigenvalue weighted by Gasteiger charge is -2.00. The van der Waals surface area contributed by atoms with Gasteiger partial charge in [0.25, 0.3) is 0 Å². The van der Waals surface area contributed by atoms with Gasteiger partial charge in [0.15, 0.2) is 0 Å². The van der Waals surface area contributed by atoms with Crippen LogP contribution in [0.15, 0.2) is 6.20 Å². The Morgan fingerprint density at radius 2 is 1.73 bits per heavy atom. The number of hydrogen-bond donors (Lipinski definition) is 0. The Kier molecular flexibility index (Phi) is 13.3. The van der Waals surface area contributed by atoms with Gasteiger partial charge in [0.2, 0.25) is 0 Å². The van der Waals surface area contributed by atoms with Crippen molar-refractivity contribution in [2.45, 2.75) is 67.2 Å². The van der Waals surface area contributed by atoms with E-state index in [1.807, 2.05) is 31.4 Å². The van der Waals surface area contributed by atoms with E-state index in [2.05, 4.69) is 39.6 Å². The largest absolute Gasteiger partial charge is 0.249 e. The number of aryl methyl sites for hydroxylation is 1. The number of nitrogens with zero attached hydrogens (tertiary/aromatic N) is 1. The summed E-state index contributed by atoms with van der Waals surface area (Å²) >= 11 is 1.81. The predicted molar refractivity (Wildman–Crippen MR) is 72.9 cm³/mol. The zero-order valence-electron chi connectivity index (χ0n) is 11.4. The molecule has 1 nitrogen and oxygen atoms in total. The average Bonchev–Trinajstić information content (AvgIpc) is 2.68. The molecule has 15 heavy (non-hydrogen) atoms. The third-order valence-electron chi connectivity index (χ3n) is 1.67. The molecular formula is C13H27NS. The second-order valence-electron chi connectivity index (χ2n) is 3.33. The third-order valence-corrected chi connectivity index (χ3v) is 2.82. The summed E-state index contributed by atoms with van der Waals surface area (Å²) in [6.45, 7) is 14.8. The molecule has 0 saturated carbocycles. The van der Waals surface area contributed by atoms with E-state index in [1.165, 1.54) is 22.7 Å². The van der Waals surface area contributed by atoms with Crippen molar-refractivity contribution in [3.63, 3.8) is 0 Å². The molecule has 0 saturated heterocycles. The molecule has 1 aromatic rings. The summed E-state index contributed by atoms with van der Waals surface area (Å²) in [5.41, 5.74) is 0. The van der Waals surface area contributed by atoms with Crippen LogP contribution in [0.5, 0.6) is 0 Å². The zero-order valence-corrected chi connectivity index (χ0v) is 12.2. The van der Waals surface area contributed by atoms with Crippen LogP contribution in [0.3, 0.4) is 0 Å². The Bertz CT molecular complexity index is 218. The Morgan fingerprint density at radius 1 is 1.27 bits per heavy atom. The molecule has 2 heteroatoms. The van der Waals surface area contributed by atoms with Crippen molar-refractivity contribution in [1.29, 1.82) is 0 Å². The fourth-order valence-corrected chi connectivity index (χ4v) is 1.68. The maximum Gasteiger partial charge on any atom is 0.0955 e. The monoisotopic (exact) mass is 229 g/mol. The Labute approximate surface area is 100.0 Å². The molecule has 0 fully saturated rings. The highest BCUT2D eigenvalue weighted by Crippen LogP contribution is 2.22. The van der Waals surface area contributed by atoms with Crippen LogP contribution in [0, 0.1) is 6.92 Å². The van der Waals surface area contributed by atoms with E-state index in [0.717, 1.165) is 0 Å². The molecule has 0 aliphatic carbocycles. The molecular weight excluding hydrogens is 202 g/mol. The van der Waals surface area contributed by atoms with Gasteiger partial charge in [-0.2, -0.15) is 0 Å². The van der Waals surface area contributed by atoms with Gasteiger partial charge in [-0.15, -0.1) is 11.3 Å². The number of aromatic nitrogens is 1. The van der Waals surface area contributed by atoms with Gasteiger partial charge in [-0.05, 0) is 13.3 Å². The average molecular weight is 229 g/mol. The molecule has 1 heterocycles. The number of rotatable bonds is 2. The van der Waals surface area contributed by atoms with Crippen LogP contribution in [0.2, 0.25) is 0 Å². The van der Waals surface area contributed by atoms with Crippen LogP contribution in [0.1, 0.15) is 70.2 Å². The first-order valence-corrected chi connectivity index (χ1v) is 6.89. The van der Waals surface area contributed by atoms with Crippen molar-refractivity contribution >= 4 is 11.3 Å². The van der Waals surface area contributed by atoms with Crippen LogP contribution >= 0.6 is 11.3 Å². The van der Waals surface area contributed by atoms with E-state index in [-0.39, 0.29) is 0 Å². The summed E-state index contributed by atoms with van der Waals surface area (Å²) in [5.74, 6) is 0.638. The van der Waals surface area contributed by atoms with Crippen molar-refractivity contribution in [2.75, 3.05) is 0 Å². The molecule has 1 aromatic heterocycles. The molecule has 0 spiro atoms. The first-order chi connectivity index (χ1) is 7.15. The molecule has 1 unspecified atom stereocenters. The van der Waals surface area contributed by atoms with E-state index in [4.69, 9.17) is 0 Å². The molecule has 0 aliphatic heterocycles. The summed E-state index contributed by atoms with van der Waals surface area (Å²) in [4.78, 5) is 5.62. The normalized spacial score (nSPS) is 10.6. The lowest BCUT2D eigenvalue weighted by molar-refractivity contribution is 0.726. The van der Waals surface area contributed by atoms with Gasteiger partial charge in [0, 0.05) is 17.0 Å². The summed E-state index contributed by atoms with van der Waals surface area (Å²) in [7, 11) is 0. The lowest BCUT2D eigenvalue weighted by Crippen LogP contribution is -1.87. The standard InChI is InChI=1S/C8H13NS.C3H8.C2H6/c1-4-6(2)8-9-5-7(3)10-8;1-3-2;1-2/h5-6H,4H2,1-3H3;3H2,1-2H3;1-2H3. The van der Waals surface area contributed by atoms with Crippen LogP contribution in [-0.4, -0.2) is 4.98 Å². The van der Waals surface area contributed by atoms with Crippen molar-refractivity contribution in [3.05, 3.63) is 16.1 Å². The van der Waals surface area contributed by atoms with E-state index in [0.29, 0.717) is 5.92 Å². The zero-order chi connectivity index (χ0) is 12.3. The summed E-state index contributed by atoms with van der Waals surface area (Å²) < 4.78 is 0. The van der Waals surface area contributed by atoms with Crippen molar-refractivity contribution in [3.8, 4) is 0 Å². The first-order valence-electron chi connectivity index (χ1n) is 6.07. The van der Waals surface area contributed by atoms with Crippen LogP contribution in [0.4, 0.5) is 0 Å². The van der Waals surface area contributed by atoms with Crippen LogP contribution < -0.4 is 0 Å². The molecule has 0 N–H and O–H groups in total. The summed E-state index contributed by atoms with van der Waals surface area (Å²) in [6.07, 6.45) is 4.39. The minimum atomic E-state index is 0.638. The Morgan fingerprint density at radius 3 is 2.00 bits per heavy atom. The van der Waals surface area contributed by atoms with Gasteiger partial charge >= 0.3 is 0 Å². The Hall–Kier alpha value is -0.370. The first kappa shape index (κ1) is 17.0. The van der Waals surface area contributed by atoms with E-state index in [9.17, 15) is 0 Å². The molecule has 0 aliphatic rings. The Balaban J connectivity index is 0. The lowest BCUT2D eigenvalue weighted by atomic mass is 10.1. The molecule has 0 radical (unpaired) electrons. The predicted octanol–water partition coefficient (Wildman–Crippen LogP) is 5.41. The maximum absolute atomic E-state index is 4.31. The quantitative estimate of drug-likeness (QED) is 0.661. The van der Waals surface area contributed by atoms with Gasteiger partial charge in [-0.3, -0.25) is 0 Å². The SMILES string of the molecule is CC.CCC.CCC(C)c1ncc(C)s1. The third kappa shape index (κ3) is 8.61. The minimum Gasteiger partial charge on any atom is -0.249 e. The fourth-order valence-electron chi connectivity index (χ4n) is 0.775. The number of hydrogen-bond acceptors (Lipinski definition) is 2. The topological polar surface area (TPSA) is 12.9 Å². The van der Waals surface area contributed by atoms with E-state index < -0.39 is 0 Å². The molecule has 0 bridgehead atoms. The second-order valence-corrected chi connectivity index (χ2v) is 4.59. The summed E-state index contributed by atoms with van der Waals surface area (Å²) in [6, 6.07) is 0. The van der Waals surface area contributed by atoms with Gasteiger partial charge in [-0.1, -0.05) is 48.0 Å². The van der Waals surface area contributed by atoms with Gasteiger partial charge in [0.05, 0.1) is 5.01 Å². The van der Waals surface area contributed by atoms with E-state index in [1.54, 1.807) is 0 Å². The molecule has 1 atom stereocenters. The second kappa shape index (κ2) is 11.7. The van der Waals surface area contributed by atoms with Crippen LogP contribution in [0.25, 0.3) is 0 Å².